The number of hydrogen-bond acceptors (Lipinski definition) is 0. The van der Waals surface area contributed by atoms with Crippen molar-refractivity contribution in [3.63, 3.8) is 0 Å². The molecule has 0 fully saturated rings. The number of hydrogen-bond donors (Lipinski definition) is 0. The second kappa shape index (κ2) is 4.58. The van der Waals surface area contributed by atoms with Crippen LogP contribution in [0.4, 0.5) is 0 Å². The van der Waals surface area contributed by atoms with Gasteiger partial charge in [-0.2, -0.15) is 0 Å². The Bertz CT molecular complexity index is 86.9. The standard InChI is InChI=1S/C3H2Br2ClI/c4-2(1-6)3(5)7/h1H2. The van der Waals surface area contributed by atoms with Crippen molar-refractivity contribution in [1.29, 1.82) is 0 Å². The highest BCUT2D eigenvalue weighted by atomic mass is 127. The van der Waals surface area contributed by atoms with Crippen LogP contribution in [0.25, 0.3) is 0 Å². The summed E-state index contributed by atoms with van der Waals surface area (Å²) in [6, 6.07) is 0. The first kappa shape index (κ1) is 8.72. The molecule has 0 radical (unpaired) electrons. The Hall–Kier alpha value is 1.72. The lowest BCUT2D eigenvalue weighted by atomic mass is 10.8. The van der Waals surface area contributed by atoms with Crippen LogP contribution in [-0.2, 0) is 0 Å². The van der Waals surface area contributed by atoms with Crippen molar-refractivity contribution < 1.29 is 0 Å². The van der Waals surface area contributed by atoms with Gasteiger partial charge in [0.1, 0.15) is 0 Å². The van der Waals surface area contributed by atoms with Gasteiger partial charge in [-0.1, -0.05) is 15.9 Å². The highest BCUT2D eigenvalue weighted by Gasteiger charge is 1.91. The average Bonchev–Trinajstić information content (AvgIpc) is 1.65. The summed E-state index contributed by atoms with van der Waals surface area (Å²) in [4.78, 5) is 0. The van der Waals surface area contributed by atoms with Gasteiger partial charge in [-0.25, -0.2) is 0 Å². The maximum absolute atomic E-state index is 5.41. The zero-order valence-electron chi connectivity index (χ0n) is 3.22. The van der Waals surface area contributed by atoms with Crippen molar-refractivity contribution in [2.24, 2.45) is 0 Å². The first-order valence-corrected chi connectivity index (χ1v) is 4.64. The minimum atomic E-state index is 0.531. The first-order valence-electron chi connectivity index (χ1n) is 1.44. The van der Waals surface area contributed by atoms with Crippen LogP contribution in [0.5, 0.6) is 0 Å². The molecular formula is C3H2Br2ClI. The SMILES string of the molecule is ClCC(Br)=C(Br)I. The van der Waals surface area contributed by atoms with Crippen molar-refractivity contribution in [1.82, 2.24) is 0 Å². The second-order valence-electron chi connectivity index (χ2n) is 0.799. The molecule has 4 heteroatoms. The number of alkyl halides is 1. The molecule has 0 unspecified atom stereocenters. The predicted octanol–water partition coefficient (Wildman–Crippen LogP) is 3.62. The van der Waals surface area contributed by atoms with Gasteiger partial charge in [0.25, 0.3) is 0 Å². The lowest BCUT2D eigenvalue weighted by Crippen LogP contribution is -1.67. The summed E-state index contributed by atoms with van der Waals surface area (Å²) in [6.07, 6.45) is 0. The van der Waals surface area contributed by atoms with Crippen molar-refractivity contribution in [3.8, 4) is 0 Å². The highest BCUT2D eigenvalue weighted by molar-refractivity contribution is 14.1. The largest absolute Gasteiger partial charge is 0.121 e. The van der Waals surface area contributed by atoms with E-state index in [4.69, 9.17) is 11.6 Å². The van der Waals surface area contributed by atoms with Gasteiger partial charge in [-0.3, -0.25) is 0 Å². The van der Waals surface area contributed by atoms with Crippen LogP contribution >= 0.6 is 66.1 Å². The van der Waals surface area contributed by atoms with E-state index in [2.05, 4.69) is 54.5 Å². The highest BCUT2D eigenvalue weighted by Crippen LogP contribution is 2.24. The maximum Gasteiger partial charge on any atom is 0.0672 e. The summed E-state index contributed by atoms with van der Waals surface area (Å²) in [5, 5.41) is 0. The van der Waals surface area contributed by atoms with Gasteiger partial charge in [0.15, 0.2) is 0 Å². The van der Waals surface area contributed by atoms with E-state index in [9.17, 15) is 0 Å². The topological polar surface area (TPSA) is 0 Å². The lowest BCUT2D eigenvalue weighted by molar-refractivity contribution is 1.74. The first-order chi connectivity index (χ1) is 3.18. The van der Waals surface area contributed by atoms with Crippen LogP contribution < -0.4 is 0 Å². The lowest BCUT2D eigenvalue weighted by Gasteiger charge is -1.86. The van der Waals surface area contributed by atoms with Gasteiger partial charge in [0, 0.05) is 4.48 Å². The molecule has 0 aromatic carbocycles. The molecule has 0 aromatic rings. The molecule has 0 rings (SSSR count). The van der Waals surface area contributed by atoms with Crippen LogP contribution in [-0.4, -0.2) is 5.88 Å². The maximum atomic E-state index is 5.41. The molecule has 0 heterocycles. The van der Waals surface area contributed by atoms with E-state index < -0.39 is 0 Å². The van der Waals surface area contributed by atoms with Crippen molar-refractivity contribution >= 4 is 66.1 Å². The summed E-state index contributed by atoms with van der Waals surface area (Å²) >= 11 is 14.0. The Morgan fingerprint density at radius 3 is 2.00 bits per heavy atom. The van der Waals surface area contributed by atoms with E-state index in [0.29, 0.717) is 5.88 Å². The monoisotopic (exact) mass is 358 g/mol. The molecule has 0 saturated carbocycles. The molecule has 0 aromatic heterocycles. The fourth-order valence-electron chi connectivity index (χ4n) is 0.0505. The van der Waals surface area contributed by atoms with Crippen LogP contribution in [0.2, 0.25) is 0 Å². The van der Waals surface area contributed by atoms with E-state index in [-0.39, 0.29) is 0 Å². The van der Waals surface area contributed by atoms with E-state index in [1.54, 1.807) is 0 Å². The zero-order valence-corrected chi connectivity index (χ0v) is 9.30. The average molecular weight is 360 g/mol. The Morgan fingerprint density at radius 2 is 2.00 bits per heavy atom. The molecule has 7 heavy (non-hydrogen) atoms. The predicted molar refractivity (Wildman–Crippen MR) is 49.6 cm³/mol. The third-order valence-corrected chi connectivity index (χ3v) is 3.99. The van der Waals surface area contributed by atoms with Crippen LogP contribution in [0.3, 0.4) is 0 Å². The Kier molecular flexibility index (Phi) is 5.71. The molecule has 0 amide bonds. The van der Waals surface area contributed by atoms with Gasteiger partial charge in [0.05, 0.1) is 8.37 Å². The Morgan fingerprint density at radius 1 is 1.57 bits per heavy atom. The molecule has 0 bridgehead atoms. The van der Waals surface area contributed by atoms with Crippen molar-refractivity contribution in [3.05, 3.63) is 6.97 Å². The van der Waals surface area contributed by atoms with E-state index in [1.807, 2.05) is 0 Å². The smallest absolute Gasteiger partial charge is 0.0672 e. The van der Waals surface area contributed by atoms with Gasteiger partial charge in [-0.15, -0.1) is 11.6 Å². The second-order valence-corrected chi connectivity index (χ2v) is 5.38. The van der Waals surface area contributed by atoms with E-state index in [1.165, 1.54) is 0 Å². The number of rotatable bonds is 1. The van der Waals surface area contributed by atoms with E-state index in [0.717, 1.165) is 6.97 Å². The van der Waals surface area contributed by atoms with Gasteiger partial charge in [0.2, 0.25) is 0 Å². The molecule has 0 aliphatic heterocycles. The van der Waals surface area contributed by atoms with Gasteiger partial charge < -0.3 is 0 Å². The quantitative estimate of drug-likeness (QED) is 0.495. The normalized spacial score (nSPS) is 13.7. The van der Waals surface area contributed by atoms with Crippen molar-refractivity contribution in [2.45, 2.75) is 0 Å². The van der Waals surface area contributed by atoms with Crippen molar-refractivity contribution in [2.75, 3.05) is 5.88 Å². The molecule has 0 saturated heterocycles. The Labute approximate surface area is 78.1 Å². The fourth-order valence-corrected chi connectivity index (χ4v) is 0.902. The molecule has 0 spiro atoms. The summed E-state index contributed by atoms with van der Waals surface area (Å²) in [5.74, 6) is 0.531. The molecule has 0 aliphatic carbocycles. The molecule has 0 atom stereocenters. The van der Waals surface area contributed by atoms with Crippen LogP contribution in [0.1, 0.15) is 0 Å². The third-order valence-electron chi connectivity index (χ3n) is 0.322. The third kappa shape index (κ3) is 4.24. The van der Waals surface area contributed by atoms with Gasteiger partial charge >= 0.3 is 0 Å². The molecular weight excluding hydrogens is 358 g/mol. The molecule has 0 N–H and O–H groups in total. The Balaban J connectivity index is 3.72. The van der Waals surface area contributed by atoms with Crippen LogP contribution in [0, 0.1) is 0 Å². The zero-order chi connectivity index (χ0) is 5.86. The van der Waals surface area contributed by atoms with E-state index >= 15 is 0 Å². The molecule has 0 nitrogen and oxygen atoms in total. The number of halogens is 4. The summed E-state index contributed by atoms with van der Waals surface area (Å²) in [7, 11) is 0. The fraction of sp³-hybridized carbons (Fsp3) is 0.333. The van der Waals surface area contributed by atoms with Gasteiger partial charge in [-0.05, 0) is 38.5 Å². The minimum absolute atomic E-state index is 0.531. The number of allylic oxidation sites excluding steroid dienone is 1. The minimum Gasteiger partial charge on any atom is -0.121 e. The van der Waals surface area contributed by atoms with Crippen LogP contribution in [0.15, 0.2) is 6.97 Å². The molecule has 0 aliphatic rings. The summed E-state index contributed by atoms with van der Waals surface area (Å²) in [6.45, 7) is 0. The molecule has 42 valence electrons. The summed E-state index contributed by atoms with van der Waals surface area (Å²) < 4.78 is 2.02. The summed E-state index contributed by atoms with van der Waals surface area (Å²) in [5.41, 5.74) is 0.